The lowest BCUT2D eigenvalue weighted by molar-refractivity contribution is -0.137. The lowest BCUT2D eigenvalue weighted by Crippen LogP contribution is -2.17. The molecule has 132 valence electrons. The Hall–Kier alpha value is -3.03. The van der Waals surface area contributed by atoms with Gasteiger partial charge >= 0.3 is 12.1 Å². The number of carbonyl (C=O) groups is 1. The number of carboxylic acids is 1. The smallest absolute Gasteiger partial charge is 0.416 e. The van der Waals surface area contributed by atoms with Crippen LogP contribution in [0, 0.1) is 0 Å². The SMILES string of the molecule is CO/N=C(/C(=O)O)c1ccccc1COc1cccc(C(F)(F)F)c1. The van der Waals surface area contributed by atoms with E-state index < -0.39 is 17.7 Å². The molecule has 0 radical (unpaired) electrons. The van der Waals surface area contributed by atoms with Gasteiger partial charge in [-0.15, -0.1) is 0 Å². The van der Waals surface area contributed by atoms with Crippen LogP contribution in [0.1, 0.15) is 16.7 Å². The molecule has 1 N–H and O–H groups in total. The predicted molar refractivity (Wildman–Crippen MR) is 83.4 cm³/mol. The number of hydrogen-bond acceptors (Lipinski definition) is 4. The Kier molecular flexibility index (Phi) is 5.63. The quantitative estimate of drug-likeness (QED) is 0.635. The Morgan fingerprint density at radius 2 is 1.88 bits per heavy atom. The van der Waals surface area contributed by atoms with E-state index in [4.69, 9.17) is 4.74 Å². The minimum absolute atomic E-state index is 0.0187. The van der Waals surface area contributed by atoms with E-state index in [9.17, 15) is 23.1 Å². The van der Waals surface area contributed by atoms with Gasteiger partial charge in [0, 0.05) is 5.56 Å². The number of aliphatic carboxylic acids is 1. The molecule has 2 rings (SSSR count). The highest BCUT2D eigenvalue weighted by atomic mass is 19.4. The average Bonchev–Trinajstić information content (AvgIpc) is 2.57. The van der Waals surface area contributed by atoms with Crippen LogP contribution in [0.15, 0.2) is 53.7 Å². The molecule has 25 heavy (non-hydrogen) atoms. The molecule has 0 aliphatic heterocycles. The summed E-state index contributed by atoms with van der Waals surface area (Å²) in [5, 5.41) is 12.7. The van der Waals surface area contributed by atoms with Crippen molar-refractivity contribution < 1.29 is 32.6 Å². The molecule has 0 aliphatic carbocycles. The third-order valence-corrected chi connectivity index (χ3v) is 3.21. The molecule has 0 spiro atoms. The molecule has 0 aliphatic rings. The minimum Gasteiger partial charge on any atom is -0.489 e. The van der Waals surface area contributed by atoms with E-state index in [0.717, 1.165) is 12.1 Å². The summed E-state index contributed by atoms with van der Waals surface area (Å²) in [6.07, 6.45) is -4.47. The highest BCUT2D eigenvalue weighted by Crippen LogP contribution is 2.31. The third-order valence-electron chi connectivity index (χ3n) is 3.21. The zero-order chi connectivity index (χ0) is 18.4. The third kappa shape index (κ3) is 4.72. The van der Waals surface area contributed by atoms with Crippen LogP contribution in [0.4, 0.5) is 13.2 Å². The molecule has 0 amide bonds. The number of oxime groups is 1. The average molecular weight is 353 g/mol. The largest absolute Gasteiger partial charge is 0.489 e. The highest BCUT2D eigenvalue weighted by molar-refractivity contribution is 6.42. The summed E-state index contributed by atoms with van der Waals surface area (Å²) in [7, 11) is 1.21. The second-order valence-corrected chi connectivity index (χ2v) is 4.90. The maximum atomic E-state index is 12.7. The van der Waals surface area contributed by atoms with Crippen molar-refractivity contribution in [2.24, 2.45) is 5.16 Å². The van der Waals surface area contributed by atoms with Gasteiger partial charge in [-0.25, -0.2) is 4.79 Å². The number of rotatable bonds is 6. The van der Waals surface area contributed by atoms with Gasteiger partial charge in [-0.1, -0.05) is 35.5 Å². The van der Waals surface area contributed by atoms with Gasteiger partial charge in [0.1, 0.15) is 19.5 Å². The Morgan fingerprint density at radius 1 is 1.16 bits per heavy atom. The number of halogens is 3. The summed E-state index contributed by atoms with van der Waals surface area (Å²) in [6.45, 7) is -0.131. The van der Waals surface area contributed by atoms with Crippen LogP contribution in [-0.4, -0.2) is 23.9 Å². The van der Waals surface area contributed by atoms with E-state index in [1.807, 2.05) is 0 Å². The second-order valence-electron chi connectivity index (χ2n) is 4.90. The summed E-state index contributed by atoms with van der Waals surface area (Å²) in [5.74, 6) is -1.28. The maximum Gasteiger partial charge on any atom is 0.416 e. The van der Waals surface area contributed by atoms with Gasteiger partial charge in [0.2, 0.25) is 0 Å². The van der Waals surface area contributed by atoms with E-state index in [1.54, 1.807) is 18.2 Å². The standard InChI is InChI=1S/C17H14F3NO4/c1-24-21-15(16(22)23)14-8-3-2-5-11(14)10-25-13-7-4-6-12(9-13)17(18,19)20/h2-9H,10H2,1H3,(H,22,23)/b21-15+. The molecular weight excluding hydrogens is 339 g/mol. The second kappa shape index (κ2) is 7.69. The summed E-state index contributed by atoms with van der Waals surface area (Å²) >= 11 is 0. The van der Waals surface area contributed by atoms with Crippen LogP contribution < -0.4 is 4.74 Å². The molecule has 0 aromatic heterocycles. The summed E-state index contributed by atoms with van der Waals surface area (Å²) in [4.78, 5) is 15.8. The van der Waals surface area contributed by atoms with E-state index in [1.165, 1.54) is 25.3 Å². The molecule has 0 fully saturated rings. The van der Waals surface area contributed by atoms with Crippen molar-refractivity contribution in [2.75, 3.05) is 7.11 Å². The Morgan fingerprint density at radius 3 is 2.52 bits per heavy atom. The van der Waals surface area contributed by atoms with Crippen molar-refractivity contribution in [3.05, 3.63) is 65.2 Å². The van der Waals surface area contributed by atoms with E-state index in [0.29, 0.717) is 5.56 Å². The van der Waals surface area contributed by atoms with Crippen LogP contribution in [0.3, 0.4) is 0 Å². The zero-order valence-electron chi connectivity index (χ0n) is 13.1. The predicted octanol–water partition coefficient (Wildman–Crippen LogP) is 3.72. The van der Waals surface area contributed by atoms with Crippen molar-refractivity contribution in [1.29, 1.82) is 0 Å². The Balaban J connectivity index is 2.25. The fourth-order valence-corrected chi connectivity index (χ4v) is 2.10. The molecule has 5 nitrogen and oxygen atoms in total. The minimum atomic E-state index is -4.47. The summed E-state index contributed by atoms with van der Waals surface area (Å²) in [6, 6.07) is 10.8. The highest BCUT2D eigenvalue weighted by Gasteiger charge is 2.30. The van der Waals surface area contributed by atoms with Gasteiger partial charge in [0.05, 0.1) is 5.56 Å². The Bertz CT molecular complexity index is 787. The first-order chi connectivity index (χ1) is 11.8. The van der Waals surface area contributed by atoms with Gasteiger partial charge in [0.15, 0.2) is 5.71 Å². The maximum absolute atomic E-state index is 12.7. The zero-order valence-corrected chi connectivity index (χ0v) is 13.1. The lowest BCUT2D eigenvalue weighted by atomic mass is 10.0. The van der Waals surface area contributed by atoms with Crippen molar-refractivity contribution in [3.8, 4) is 5.75 Å². The van der Waals surface area contributed by atoms with Gasteiger partial charge in [-0.2, -0.15) is 13.2 Å². The summed E-state index contributed by atoms with van der Waals surface area (Å²) in [5.41, 5.74) is -0.460. The van der Waals surface area contributed by atoms with Crippen LogP contribution in [0.2, 0.25) is 0 Å². The number of hydrogen-bond donors (Lipinski definition) is 1. The van der Waals surface area contributed by atoms with Crippen molar-refractivity contribution in [3.63, 3.8) is 0 Å². The molecule has 2 aromatic carbocycles. The molecule has 0 atom stereocenters. The fourth-order valence-electron chi connectivity index (χ4n) is 2.10. The first-order valence-corrected chi connectivity index (χ1v) is 7.05. The number of nitrogens with zero attached hydrogens (tertiary/aromatic N) is 1. The monoisotopic (exact) mass is 353 g/mol. The number of ether oxygens (including phenoxy) is 1. The van der Waals surface area contributed by atoms with Gasteiger partial charge in [-0.3, -0.25) is 0 Å². The molecule has 8 heteroatoms. The normalized spacial score (nSPS) is 11.9. The first kappa shape index (κ1) is 18.3. The molecule has 0 bridgehead atoms. The van der Waals surface area contributed by atoms with Crippen molar-refractivity contribution in [2.45, 2.75) is 12.8 Å². The molecule has 0 heterocycles. The molecule has 2 aromatic rings. The van der Waals surface area contributed by atoms with Crippen molar-refractivity contribution >= 4 is 11.7 Å². The molecule has 0 unspecified atom stereocenters. The van der Waals surface area contributed by atoms with Gasteiger partial charge in [0.25, 0.3) is 0 Å². The number of carboxylic acid groups (broad SMARTS) is 1. The molecule has 0 saturated heterocycles. The van der Waals surface area contributed by atoms with Crippen LogP contribution in [0.5, 0.6) is 5.75 Å². The Labute approximate surface area is 141 Å². The van der Waals surface area contributed by atoms with E-state index in [2.05, 4.69) is 9.99 Å². The lowest BCUT2D eigenvalue weighted by Gasteiger charge is -2.12. The van der Waals surface area contributed by atoms with Gasteiger partial charge < -0.3 is 14.7 Å². The van der Waals surface area contributed by atoms with Crippen LogP contribution in [-0.2, 0) is 22.4 Å². The molecule has 0 saturated carbocycles. The van der Waals surface area contributed by atoms with E-state index >= 15 is 0 Å². The number of alkyl halides is 3. The fraction of sp³-hybridized carbons (Fsp3) is 0.176. The summed E-state index contributed by atoms with van der Waals surface area (Å²) < 4.78 is 43.6. The van der Waals surface area contributed by atoms with Crippen molar-refractivity contribution in [1.82, 2.24) is 0 Å². The first-order valence-electron chi connectivity index (χ1n) is 7.05. The van der Waals surface area contributed by atoms with Crippen LogP contribution >= 0.6 is 0 Å². The van der Waals surface area contributed by atoms with Crippen LogP contribution in [0.25, 0.3) is 0 Å². The molecular formula is C17H14F3NO4. The van der Waals surface area contributed by atoms with E-state index in [-0.39, 0.29) is 23.6 Å². The van der Waals surface area contributed by atoms with Gasteiger partial charge in [-0.05, 0) is 23.8 Å². The topological polar surface area (TPSA) is 68.1 Å². The number of benzene rings is 2.